The lowest BCUT2D eigenvalue weighted by Crippen LogP contribution is -3.11. The number of hydrogen-bond acceptors (Lipinski definition) is 4. The normalized spacial score (nSPS) is 19.9. The van der Waals surface area contributed by atoms with Crippen LogP contribution in [0.1, 0.15) is 31.2 Å². The number of benzene rings is 1. The molecule has 3 rings (SSSR count). The van der Waals surface area contributed by atoms with Gasteiger partial charge in [0.2, 0.25) is 12.7 Å². The molecule has 1 N–H and O–H groups in total. The fourth-order valence-corrected chi connectivity index (χ4v) is 4.35. The van der Waals surface area contributed by atoms with Crippen LogP contribution in [0.5, 0.6) is 11.5 Å². The molecule has 23 heavy (non-hydrogen) atoms. The highest BCUT2D eigenvalue weighted by molar-refractivity contribution is 8.00. The summed E-state index contributed by atoms with van der Waals surface area (Å²) in [5.41, 5.74) is 1.13. The Hall–Kier alpha value is -1.40. The zero-order valence-corrected chi connectivity index (χ0v) is 14.7. The van der Waals surface area contributed by atoms with Gasteiger partial charge in [-0.3, -0.25) is 4.79 Å². The second-order valence-corrected chi connectivity index (χ2v) is 6.99. The summed E-state index contributed by atoms with van der Waals surface area (Å²) in [7, 11) is 0. The minimum atomic E-state index is 0.101. The third kappa shape index (κ3) is 3.58. The number of thioether (sulfide) groups is 1. The molecule has 0 radical (unpaired) electrons. The number of fused-ring (bicyclic) bond motifs is 1. The van der Waals surface area contributed by atoms with Gasteiger partial charge in [-0.05, 0) is 31.5 Å². The van der Waals surface area contributed by atoms with Crippen LogP contribution >= 0.6 is 11.8 Å². The van der Waals surface area contributed by atoms with Crippen molar-refractivity contribution in [1.82, 2.24) is 4.90 Å². The van der Waals surface area contributed by atoms with Crippen LogP contribution in [0.2, 0.25) is 0 Å². The van der Waals surface area contributed by atoms with Gasteiger partial charge in [0.25, 0.3) is 0 Å². The maximum atomic E-state index is 12.2. The highest BCUT2D eigenvalue weighted by atomic mass is 32.2. The van der Waals surface area contributed by atoms with Crippen molar-refractivity contribution in [3.05, 3.63) is 23.8 Å². The first-order valence-electron chi connectivity index (χ1n) is 8.37. The Kier molecular flexibility index (Phi) is 5.33. The number of quaternary nitrogens is 1. The van der Waals surface area contributed by atoms with E-state index >= 15 is 0 Å². The van der Waals surface area contributed by atoms with E-state index in [-0.39, 0.29) is 18.1 Å². The van der Waals surface area contributed by atoms with Crippen molar-refractivity contribution in [2.75, 3.05) is 38.7 Å². The number of carbonyl (C=O) groups excluding carboxylic acids is 1. The second kappa shape index (κ2) is 7.45. The molecule has 0 aromatic heterocycles. The van der Waals surface area contributed by atoms with Gasteiger partial charge in [0, 0.05) is 13.0 Å². The third-order valence-corrected chi connectivity index (χ3v) is 5.84. The quantitative estimate of drug-likeness (QED) is 0.815. The summed E-state index contributed by atoms with van der Waals surface area (Å²) < 4.78 is 10.8. The van der Waals surface area contributed by atoms with Gasteiger partial charge in [-0.15, -0.1) is 11.8 Å². The minimum absolute atomic E-state index is 0.101. The molecule has 1 fully saturated rings. The molecule has 0 spiro atoms. The minimum Gasteiger partial charge on any atom is -0.454 e. The Bertz CT molecular complexity index is 563. The maximum absolute atomic E-state index is 12.2. The molecule has 1 amide bonds. The van der Waals surface area contributed by atoms with Crippen molar-refractivity contribution < 1.29 is 19.2 Å². The van der Waals surface area contributed by atoms with E-state index in [1.165, 1.54) is 0 Å². The van der Waals surface area contributed by atoms with E-state index in [1.54, 1.807) is 16.7 Å². The molecule has 1 saturated heterocycles. The molecule has 2 aliphatic rings. The molecular weight excluding hydrogens is 312 g/mol. The smallest absolute Gasteiger partial charge is 0.233 e. The summed E-state index contributed by atoms with van der Waals surface area (Å²) in [6.45, 7) is 8.95. The fraction of sp³-hybridized carbons (Fsp3) is 0.588. The first-order chi connectivity index (χ1) is 11.2. The van der Waals surface area contributed by atoms with Crippen LogP contribution in [-0.4, -0.2) is 49.5 Å². The van der Waals surface area contributed by atoms with Crippen LogP contribution in [0.25, 0.3) is 0 Å². The molecule has 0 saturated carbocycles. The van der Waals surface area contributed by atoms with E-state index < -0.39 is 0 Å². The maximum Gasteiger partial charge on any atom is 0.233 e. The lowest BCUT2D eigenvalue weighted by atomic mass is 10.1. The summed E-state index contributed by atoms with van der Waals surface area (Å²) >= 11 is 1.70. The Morgan fingerprint density at radius 3 is 2.83 bits per heavy atom. The molecule has 126 valence electrons. The zero-order chi connectivity index (χ0) is 16.2. The molecule has 2 aliphatic heterocycles. The second-order valence-electron chi connectivity index (χ2n) is 5.92. The summed E-state index contributed by atoms with van der Waals surface area (Å²) in [6, 6.07) is 6.01. The van der Waals surface area contributed by atoms with Crippen LogP contribution in [0.3, 0.4) is 0 Å². The number of carbonyl (C=O) groups is 1. The summed E-state index contributed by atoms with van der Waals surface area (Å²) in [5, 5.41) is 0.101. The van der Waals surface area contributed by atoms with Gasteiger partial charge in [-0.1, -0.05) is 6.07 Å². The molecule has 1 aromatic rings. The number of hydrogen-bond donors (Lipinski definition) is 1. The Labute approximate surface area is 141 Å². The first kappa shape index (κ1) is 16.5. The Morgan fingerprint density at radius 2 is 2.04 bits per heavy atom. The average molecular weight is 337 g/mol. The van der Waals surface area contributed by atoms with Crippen molar-refractivity contribution >= 4 is 17.7 Å². The molecule has 0 aliphatic carbocycles. The van der Waals surface area contributed by atoms with E-state index in [1.807, 2.05) is 23.1 Å². The van der Waals surface area contributed by atoms with Crippen molar-refractivity contribution in [1.29, 1.82) is 0 Å². The third-order valence-electron chi connectivity index (χ3n) is 4.58. The zero-order valence-electron chi connectivity index (χ0n) is 13.8. The van der Waals surface area contributed by atoms with E-state index in [4.69, 9.17) is 9.47 Å². The van der Waals surface area contributed by atoms with Crippen molar-refractivity contribution in [3.63, 3.8) is 0 Å². The van der Waals surface area contributed by atoms with Crippen LogP contribution < -0.4 is 14.4 Å². The lowest BCUT2D eigenvalue weighted by Gasteiger charge is -2.25. The highest BCUT2D eigenvalue weighted by Gasteiger charge is 2.33. The van der Waals surface area contributed by atoms with E-state index in [9.17, 15) is 4.79 Å². The summed E-state index contributed by atoms with van der Waals surface area (Å²) in [5.74, 6) is 2.39. The van der Waals surface area contributed by atoms with Crippen molar-refractivity contribution in [2.24, 2.45) is 0 Å². The first-order valence-corrected chi connectivity index (χ1v) is 9.42. The monoisotopic (exact) mass is 337 g/mol. The molecule has 6 heteroatoms. The molecule has 5 nitrogen and oxygen atoms in total. The van der Waals surface area contributed by atoms with Gasteiger partial charge in [0.1, 0.15) is 5.37 Å². The highest BCUT2D eigenvalue weighted by Crippen LogP contribution is 2.42. The summed E-state index contributed by atoms with van der Waals surface area (Å²) in [4.78, 5) is 15.9. The summed E-state index contributed by atoms with van der Waals surface area (Å²) in [6.07, 6.45) is 1.05. The largest absolute Gasteiger partial charge is 0.454 e. The number of nitrogens with one attached hydrogen (secondary N) is 1. The predicted molar refractivity (Wildman–Crippen MR) is 91.0 cm³/mol. The average Bonchev–Trinajstić information content (AvgIpc) is 3.17. The van der Waals surface area contributed by atoms with Crippen LogP contribution in [0.15, 0.2) is 18.2 Å². The molecular formula is C17H25N2O3S+. The van der Waals surface area contributed by atoms with Crippen molar-refractivity contribution in [3.8, 4) is 11.5 Å². The lowest BCUT2D eigenvalue weighted by molar-refractivity contribution is -0.896. The van der Waals surface area contributed by atoms with Gasteiger partial charge in [0.05, 0.1) is 25.4 Å². The van der Waals surface area contributed by atoms with E-state index in [0.717, 1.165) is 49.7 Å². The number of rotatable bonds is 7. The number of ether oxygens (including phenoxy) is 2. The van der Waals surface area contributed by atoms with Crippen LogP contribution in [0, 0.1) is 0 Å². The van der Waals surface area contributed by atoms with Gasteiger partial charge >= 0.3 is 0 Å². The predicted octanol–water partition coefficient (Wildman–Crippen LogP) is 1.30. The van der Waals surface area contributed by atoms with Gasteiger partial charge in [-0.25, -0.2) is 0 Å². The van der Waals surface area contributed by atoms with Gasteiger partial charge < -0.3 is 19.3 Å². The van der Waals surface area contributed by atoms with Crippen LogP contribution in [0.4, 0.5) is 0 Å². The van der Waals surface area contributed by atoms with Crippen molar-refractivity contribution in [2.45, 2.75) is 25.6 Å². The van der Waals surface area contributed by atoms with Gasteiger partial charge in [-0.2, -0.15) is 0 Å². The van der Waals surface area contributed by atoms with Crippen LogP contribution in [-0.2, 0) is 4.79 Å². The van der Waals surface area contributed by atoms with E-state index in [2.05, 4.69) is 13.8 Å². The number of amides is 1. The Balaban J connectivity index is 1.65. The Morgan fingerprint density at radius 1 is 1.26 bits per heavy atom. The number of nitrogens with zero attached hydrogens (tertiary/aromatic N) is 1. The SMILES string of the molecule is CC[NH+](CC)CCCN1C(=O)CS[C@@H]1c1ccc2c(c1)OCO2. The van der Waals surface area contributed by atoms with E-state index in [0.29, 0.717) is 5.75 Å². The standard InChI is InChI=1S/C17H24N2O3S/c1-3-18(4-2)8-5-9-19-16(20)11-23-17(19)13-6-7-14-15(10-13)22-12-21-14/h6-7,10,17H,3-5,8-9,11-12H2,1-2H3/p+1/t17-/m1/s1. The molecule has 2 heterocycles. The van der Waals surface area contributed by atoms with Gasteiger partial charge in [0.15, 0.2) is 11.5 Å². The molecule has 0 bridgehead atoms. The molecule has 1 aromatic carbocycles. The fourth-order valence-electron chi connectivity index (χ4n) is 3.14. The molecule has 1 atom stereocenters. The molecule has 0 unspecified atom stereocenters. The topological polar surface area (TPSA) is 43.2 Å².